The van der Waals surface area contributed by atoms with Crippen LogP contribution >= 0.6 is 0 Å². The van der Waals surface area contributed by atoms with Gasteiger partial charge in [0.25, 0.3) is 5.91 Å². The highest BCUT2D eigenvalue weighted by atomic mass is 16.2. The van der Waals surface area contributed by atoms with E-state index < -0.39 is 6.03 Å². The van der Waals surface area contributed by atoms with E-state index in [1.165, 1.54) is 0 Å². The highest BCUT2D eigenvalue weighted by molar-refractivity contribution is 6.04. The molecule has 5 heteroatoms. The minimum Gasteiger partial charge on any atom is -0.351 e. The van der Waals surface area contributed by atoms with Gasteiger partial charge in [0, 0.05) is 16.9 Å². The number of nitrogens with one attached hydrogen (secondary N) is 2. The highest BCUT2D eigenvalue weighted by Crippen LogP contribution is 2.16. The molecule has 5 nitrogen and oxygen atoms in total. The third-order valence-electron chi connectivity index (χ3n) is 2.67. The Bertz CT molecular complexity index is 653. The fourth-order valence-electron chi connectivity index (χ4n) is 1.81. The molecular weight excluding hydrogens is 254 g/mol. The van der Waals surface area contributed by atoms with Gasteiger partial charge in [-0.05, 0) is 37.3 Å². The first-order valence-electron chi connectivity index (χ1n) is 6.09. The predicted molar refractivity (Wildman–Crippen MR) is 78.8 cm³/mol. The lowest BCUT2D eigenvalue weighted by Gasteiger charge is -2.08. The number of urea groups is 1. The number of carbonyl (C=O) groups excluding carboxylic acids is 2. The van der Waals surface area contributed by atoms with Crippen molar-refractivity contribution in [3.8, 4) is 0 Å². The number of aryl methyl sites for hydroxylation is 1. The van der Waals surface area contributed by atoms with Gasteiger partial charge in [-0.3, -0.25) is 4.79 Å². The van der Waals surface area contributed by atoms with Gasteiger partial charge in [0.05, 0.1) is 0 Å². The van der Waals surface area contributed by atoms with Crippen molar-refractivity contribution in [3.63, 3.8) is 0 Å². The number of hydrogen-bond acceptors (Lipinski definition) is 2. The zero-order chi connectivity index (χ0) is 14.5. The second-order valence-electron chi connectivity index (χ2n) is 4.39. The number of carbonyl (C=O) groups is 2. The number of rotatable bonds is 3. The molecule has 0 spiro atoms. The first-order chi connectivity index (χ1) is 9.54. The SMILES string of the molecule is Cc1cccc(C(=O)Nc2cccc(NC(N)=O)c2)c1. The maximum atomic E-state index is 12.1. The van der Waals surface area contributed by atoms with E-state index in [-0.39, 0.29) is 5.91 Å². The van der Waals surface area contributed by atoms with E-state index in [2.05, 4.69) is 10.6 Å². The topological polar surface area (TPSA) is 84.2 Å². The lowest BCUT2D eigenvalue weighted by Crippen LogP contribution is -2.19. The van der Waals surface area contributed by atoms with Crippen molar-refractivity contribution in [1.29, 1.82) is 0 Å². The first-order valence-corrected chi connectivity index (χ1v) is 6.09. The van der Waals surface area contributed by atoms with Gasteiger partial charge in [-0.1, -0.05) is 23.8 Å². The summed E-state index contributed by atoms with van der Waals surface area (Å²) < 4.78 is 0. The van der Waals surface area contributed by atoms with Crippen molar-refractivity contribution in [2.75, 3.05) is 10.6 Å². The van der Waals surface area contributed by atoms with Gasteiger partial charge < -0.3 is 16.4 Å². The van der Waals surface area contributed by atoms with Crippen molar-refractivity contribution in [2.24, 2.45) is 5.73 Å². The Morgan fingerprint density at radius 1 is 0.950 bits per heavy atom. The summed E-state index contributed by atoms with van der Waals surface area (Å²) in [4.78, 5) is 22.9. The summed E-state index contributed by atoms with van der Waals surface area (Å²) >= 11 is 0. The second-order valence-corrected chi connectivity index (χ2v) is 4.39. The summed E-state index contributed by atoms with van der Waals surface area (Å²) in [7, 11) is 0. The average Bonchev–Trinajstić information content (AvgIpc) is 2.38. The fourth-order valence-corrected chi connectivity index (χ4v) is 1.81. The summed E-state index contributed by atoms with van der Waals surface area (Å²) in [5, 5.41) is 5.22. The Morgan fingerprint density at radius 3 is 2.25 bits per heavy atom. The largest absolute Gasteiger partial charge is 0.351 e. The van der Waals surface area contributed by atoms with Crippen LogP contribution in [0.2, 0.25) is 0 Å². The van der Waals surface area contributed by atoms with Crippen molar-refractivity contribution in [2.45, 2.75) is 6.92 Å². The molecule has 2 aromatic carbocycles. The van der Waals surface area contributed by atoms with E-state index in [1.807, 2.05) is 19.1 Å². The fraction of sp³-hybridized carbons (Fsp3) is 0.0667. The van der Waals surface area contributed by atoms with E-state index in [0.717, 1.165) is 5.56 Å². The molecule has 0 saturated carbocycles. The molecule has 0 saturated heterocycles. The molecule has 0 bridgehead atoms. The number of nitrogens with two attached hydrogens (primary N) is 1. The van der Waals surface area contributed by atoms with Crippen molar-refractivity contribution >= 4 is 23.3 Å². The molecule has 0 unspecified atom stereocenters. The lowest BCUT2D eigenvalue weighted by molar-refractivity contribution is 0.102. The summed E-state index contributed by atoms with van der Waals surface area (Å²) in [5.74, 6) is -0.204. The maximum Gasteiger partial charge on any atom is 0.316 e. The van der Waals surface area contributed by atoms with Gasteiger partial charge in [-0.15, -0.1) is 0 Å². The van der Waals surface area contributed by atoms with Gasteiger partial charge >= 0.3 is 6.03 Å². The van der Waals surface area contributed by atoms with Crippen LogP contribution in [0.15, 0.2) is 48.5 Å². The summed E-state index contributed by atoms with van der Waals surface area (Å²) in [5.41, 5.74) is 7.76. The normalized spacial score (nSPS) is 9.85. The standard InChI is InChI=1S/C15H15N3O2/c1-10-4-2-5-11(8-10)14(19)17-12-6-3-7-13(9-12)18-15(16)20/h2-9H,1H3,(H,17,19)(H3,16,18,20). The van der Waals surface area contributed by atoms with E-state index >= 15 is 0 Å². The minimum atomic E-state index is -0.646. The molecule has 2 aromatic rings. The van der Waals surface area contributed by atoms with E-state index in [1.54, 1.807) is 36.4 Å². The summed E-state index contributed by atoms with van der Waals surface area (Å²) in [6, 6.07) is 13.4. The Balaban J connectivity index is 2.13. The molecule has 0 aliphatic carbocycles. The smallest absolute Gasteiger partial charge is 0.316 e. The van der Waals surface area contributed by atoms with Crippen LogP contribution in [-0.4, -0.2) is 11.9 Å². The molecule has 0 radical (unpaired) electrons. The van der Waals surface area contributed by atoms with Crippen molar-refractivity contribution < 1.29 is 9.59 Å². The van der Waals surface area contributed by atoms with Gasteiger partial charge in [0.1, 0.15) is 0 Å². The molecule has 0 aliphatic heterocycles. The van der Waals surface area contributed by atoms with E-state index in [0.29, 0.717) is 16.9 Å². The van der Waals surface area contributed by atoms with Gasteiger partial charge in [-0.25, -0.2) is 4.79 Å². The monoisotopic (exact) mass is 269 g/mol. The zero-order valence-corrected chi connectivity index (χ0v) is 11.0. The van der Waals surface area contributed by atoms with Crippen LogP contribution in [0.25, 0.3) is 0 Å². The number of amides is 3. The second kappa shape index (κ2) is 5.88. The highest BCUT2D eigenvalue weighted by Gasteiger charge is 2.06. The molecule has 0 aromatic heterocycles. The minimum absolute atomic E-state index is 0.204. The van der Waals surface area contributed by atoms with Crippen LogP contribution in [0.1, 0.15) is 15.9 Å². The van der Waals surface area contributed by atoms with E-state index in [9.17, 15) is 9.59 Å². The molecule has 0 fully saturated rings. The quantitative estimate of drug-likeness (QED) is 0.800. The van der Waals surface area contributed by atoms with Crippen LogP contribution in [0.4, 0.5) is 16.2 Å². The van der Waals surface area contributed by atoms with Crippen LogP contribution in [0, 0.1) is 6.92 Å². The summed E-state index contributed by atoms with van der Waals surface area (Å²) in [6.45, 7) is 1.92. The van der Waals surface area contributed by atoms with Crippen LogP contribution in [0.3, 0.4) is 0 Å². The summed E-state index contributed by atoms with van der Waals surface area (Å²) in [6.07, 6.45) is 0. The Labute approximate surface area is 116 Å². The lowest BCUT2D eigenvalue weighted by atomic mass is 10.1. The number of primary amides is 1. The molecule has 2 rings (SSSR count). The van der Waals surface area contributed by atoms with Crippen LogP contribution in [0.5, 0.6) is 0 Å². The average molecular weight is 269 g/mol. The zero-order valence-electron chi connectivity index (χ0n) is 11.0. The van der Waals surface area contributed by atoms with Crippen molar-refractivity contribution in [3.05, 3.63) is 59.7 Å². The first kappa shape index (κ1) is 13.6. The van der Waals surface area contributed by atoms with Gasteiger partial charge in [0.15, 0.2) is 0 Å². The number of benzene rings is 2. The van der Waals surface area contributed by atoms with Gasteiger partial charge in [0.2, 0.25) is 0 Å². The Hall–Kier alpha value is -2.82. The number of hydrogen-bond donors (Lipinski definition) is 3. The van der Waals surface area contributed by atoms with E-state index in [4.69, 9.17) is 5.73 Å². The molecule has 0 aliphatic rings. The van der Waals surface area contributed by atoms with Crippen LogP contribution in [-0.2, 0) is 0 Å². The predicted octanol–water partition coefficient (Wildman–Crippen LogP) is 2.74. The molecule has 102 valence electrons. The Morgan fingerprint density at radius 2 is 1.60 bits per heavy atom. The van der Waals surface area contributed by atoms with Crippen molar-refractivity contribution in [1.82, 2.24) is 0 Å². The molecule has 0 heterocycles. The Kier molecular flexibility index (Phi) is 4.00. The van der Waals surface area contributed by atoms with Gasteiger partial charge in [-0.2, -0.15) is 0 Å². The van der Waals surface area contributed by atoms with Crippen LogP contribution < -0.4 is 16.4 Å². The maximum absolute atomic E-state index is 12.1. The molecular formula is C15H15N3O2. The molecule has 4 N–H and O–H groups in total. The molecule has 0 atom stereocenters. The third-order valence-corrected chi connectivity index (χ3v) is 2.67. The number of anilines is 2. The molecule has 3 amide bonds. The molecule has 20 heavy (non-hydrogen) atoms. The third kappa shape index (κ3) is 3.58.